The molecular weight excluding hydrogens is 384 g/mol. The fraction of sp³-hybridized carbons (Fsp3) is 0.227. The lowest BCUT2D eigenvalue weighted by Crippen LogP contribution is -2.15. The highest BCUT2D eigenvalue weighted by atomic mass is 32.2. The van der Waals surface area contributed by atoms with Crippen LogP contribution in [0.4, 0.5) is 5.69 Å². The maximum absolute atomic E-state index is 12.5. The Morgan fingerprint density at radius 2 is 1.90 bits per heavy atom. The average molecular weight is 407 g/mol. The van der Waals surface area contributed by atoms with Crippen molar-refractivity contribution in [2.24, 2.45) is 0 Å². The van der Waals surface area contributed by atoms with Gasteiger partial charge < -0.3 is 10.1 Å². The first-order valence-electron chi connectivity index (χ1n) is 9.28. The van der Waals surface area contributed by atoms with Crippen molar-refractivity contribution < 1.29 is 9.53 Å². The number of pyridine rings is 1. The molecule has 4 rings (SSSR count). The molecule has 0 saturated carbocycles. The molecule has 0 aliphatic heterocycles. The van der Waals surface area contributed by atoms with Crippen LogP contribution in [-0.4, -0.2) is 33.4 Å². The molecule has 0 atom stereocenters. The molecule has 7 heteroatoms. The van der Waals surface area contributed by atoms with Crippen molar-refractivity contribution in [1.82, 2.24) is 14.6 Å². The Kier molecular flexibility index (Phi) is 5.15. The standard InChI is InChI=1S/C22H22N4O2S/c1-13-5-6-14(2)18(9-13)23-21(27)12-29-22-25-24-20-10-15(3)17-8-7-16(28-4)11-19(17)26(20)22/h5-11H,12H2,1-4H3,(H,23,27). The second-order valence-corrected chi connectivity index (χ2v) is 7.98. The molecule has 148 valence electrons. The summed E-state index contributed by atoms with van der Waals surface area (Å²) in [7, 11) is 1.65. The van der Waals surface area contributed by atoms with Crippen molar-refractivity contribution in [3.05, 3.63) is 59.2 Å². The van der Waals surface area contributed by atoms with E-state index in [0.29, 0.717) is 5.16 Å². The molecule has 0 saturated heterocycles. The van der Waals surface area contributed by atoms with Crippen molar-refractivity contribution in [1.29, 1.82) is 0 Å². The van der Waals surface area contributed by atoms with E-state index in [1.165, 1.54) is 11.8 Å². The molecule has 0 unspecified atom stereocenters. The average Bonchev–Trinajstić information content (AvgIpc) is 3.11. The molecule has 0 spiro atoms. The lowest BCUT2D eigenvalue weighted by Gasteiger charge is -2.10. The number of nitrogens with zero attached hydrogens (tertiary/aromatic N) is 3. The number of carbonyl (C=O) groups is 1. The Balaban J connectivity index is 1.62. The van der Waals surface area contributed by atoms with Gasteiger partial charge in [-0.1, -0.05) is 23.9 Å². The number of benzene rings is 2. The van der Waals surface area contributed by atoms with Crippen molar-refractivity contribution in [3.8, 4) is 5.75 Å². The number of carbonyl (C=O) groups excluding carboxylic acids is 1. The third-order valence-electron chi connectivity index (χ3n) is 4.87. The fourth-order valence-electron chi connectivity index (χ4n) is 3.31. The van der Waals surface area contributed by atoms with E-state index in [1.807, 2.05) is 67.6 Å². The molecule has 0 bridgehead atoms. The monoisotopic (exact) mass is 406 g/mol. The van der Waals surface area contributed by atoms with Gasteiger partial charge in [-0.25, -0.2) is 0 Å². The molecule has 29 heavy (non-hydrogen) atoms. The van der Waals surface area contributed by atoms with Gasteiger partial charge >= 0.3 is 0 Å². The van der Waals surface area contributed by atoms with Crippen molar-refractivity contribution in [2.75, 3.05) is 18.2 Å². The summed E-state index contributed by atoms with van der Waals surface area (Å²) in [6.07, 6.45) is 0. The topological polar surface area (TPSA) is 68.5 Å². The molecule has 0 radical (unpaired) electrons. The lowest BCUT2D eigenvalue weighted by atomic mass is 10.1. The first-order chi connectivity index (χ1) is 14.0. The van der Waals surface area contributed by atoms with E-state index in [4.69, 9.17) is 4.74 Å². The quantitative estimate of drug-likeness (QED) is 0.493. The van der Waals surface area contributed by atoms with Gasteiger partial charge in [-0.15, -0.1) is 10.2 Å². The second kappa shape index (κ2) is 7.75. The number of ether oxygens (including phenoxy) is 1. The summed E-state index contributed by atoms with van der Waals surface area (Å²) in [5.41, 5.74) is 5.81. The highest BCUT2D eigenvalue weighted by Gasteiger charge is 2.14. The maximum Gasteiger partial charge on any atom is 0.234 e. The Morgan fingerprint density at radius 3 is 2.69 bits per heavy atom. The number of aryl methyl sites for hydroxylation is 3. The predicted octanol–water partition coefficient (Wildman–Crippen LogP) is 4.55. The van der Waals surface area contributed by atoms with E-state index in [2.05, 4.69) is 15.5 Å². The van der Waals surface area contributed by atoms with Crippen LogP contribution in [0.5, 0.6) is 5.75 Å². The Morgan fingerprint density at radius 1 is 1.07 bits per heavy atom. The summed E-state index contributed by atoms with van der Waals surface area (Å²) in [4.78, 5) is 12.5. The van der Waals surface area contributed by atoms with E-state index in [9.17, 15) is 4.79 Å². The number of thioether (sulfide) groups is 1. The number of anilines is 1. The van der Waals surface area contributed by atoms with Gasteiger partial charge in [0, 0.05) is 17.1 Å². The van der Waals surface area contributed by atoms with E-state index in [0.717, 1.165) is 44.7 Å². The first-order valence-corrected chi connectivity index (χ1v) is 10.3. The second-order valence-electron chi connectivity index (χ2n) is 7.04. The molecule has 0 fully saturated rings. The largest absolute Gasteiger partial charge is 0.497 e. The molecule has 6 nitrogen and oxygen atoms in total. The Labute approximate surface area is 173 Å². The van der Waals surface area contributed by atoms with E-state index in [1.54, 1.807) is 7.11 Å². The highest BCUT2D eigenvalue weighted by Crippen LogP contribution is 2.28. The number of hydrogen-bond donors (Lipinski definition) is 1. The number of rotatable bonds is 5. The highest BCUT2D eigenvalue weighted by molar-refractivity contribution is 7.99. The van der Waals surface area contributed by atoms with Gasteiger partial charge in [-0.2, -0.15) is 0 Å². The fourth-order valence-corrected chi connectivity index (χ4v) is 4.06. The summed E-state index contributed by atoms with van der Waals surface area (Å²) in [6, 6.07) is 14.0. The SMILES string of the molecule is COc1ccc2c(C)cc3nnc(SCC(=O)Nc4cc(C)ccc4C)n3c2c1. The predicted molar refractivity (Wildman–Crippen MR) is 117 cm³/mol. The molecule has 2 aromatic heterocycles. The van der Waals surface area contributed by atoms with Gasteiger partial charge in [0.1, 0.15) is 5.75 Å². The zero-order valence-corrected chi connectivity index (χ0v) is 17.6. The van der Waals surface area contributed by atoms with Crippen molar-refractivity contribution in [3.63, 3.8) is 0 Å². The van der Waals surface area contributed by atoms with Crippen LogP contribution in [0, 0.1) is 20.8 Å². The van der Waals surface area contributed by atoms with E-state index in [-0.39, 0.29) is 11.7 Å². The zero-order valence-electron chi connectivity index (χ0n) is 16.8. The van der Waals surface area contributed by atoms with Gasteiger partial charge in [0.2, 0.25) is 5.91 Å². The van der Waals surface area contributed by atoms with Gasteiger partial charge in [-0.3, -0.25) is 9.20 Å². The molecule has 0 aliphatic rings. The molecule has 4 aromatic rings. The lowest BCUT2D eigenvalue weighted by molar-refractivity contribution is -0.113. The van der Waals surface area contributed by atoms with Crippen molar-refractivity contribution >= 4 is 39.9 Å². The Hall–Kier alpha value is -3.06. The molecule has 2 heterocycles. The minimum absolute atomic E-state index is 0.0746. The van der Waals surface area contributed by atoms with Crippen LogP contribution in [0.15, 0.2) is 47.6 Å². The number of nitrogens with one attached hydrogen (secondary N) is 1. The van der Waals surface area contributed by atoms with Crippen LogP contribution < -0.4 is 10.1 Å². The van der Waals surface area contributed by atoms with Crippen LogP contribution >= 0.6 is 11.8 Å². The molecular formula is C22H22N4O2S. The smallest absolute Gasteiger partial charge is 0.234 e. The van der Waals surface area contributed by atoms with E-state index >= 15 is 0 Å². The third kappa shape index (κ3) is 3.78. The van der Waals surface area contributed by atoms with Gasteiger partial charge in [0.15, 0.2) is 10.8 Å². The molecule has 0 aliphatic carbocycles. The summed E-state index contributed by atoms with van der Waals surface area (Å²) in [5.74, 6) is 0.934. The normalized spacial score (nSPS) is 11.2. The number of aromatic nitrogens is 3. The molecule has 1 amide bonds. The zero-order chi connectivity index (χ0) is 20.5. The van der Waals surface area contributed by atoms with Gasteiger partial charge in [0.05, 0.1) is 18.4 Å². The van der Waals surface area contributed by atoms with Crippen LogP contribution in [0.1, 0.15) is 16.7 Å². The van der Waals surface area contributed by atoms with Crippen LogP contribution in [0.3, 0.4) is 0 Å². The summed E-state index contributed by atoms with van der Waals surface area (Å²) < 4.78 is 7.36. The van der Waals surface area contributed by atoms with Gasteiger partial charge in [-0.05, 0) is 61.7 Å². The maximum atomic E-state index is 12.5. The summed E-state index contributed by atoms with van der Waals surface area (Å²) in [5, 5.41) is 13.4. The summed E-state index contributed by atoms with van der Waals surface area (Å²) >= 11 is 1.36. The van der Waals surface area contributed by atoms with Gasteiger partial charge in [0.25, 0.3) is 0 Å². The minimum Gasteiger partial charge on any atom is -0.497 e. The van der Waals surface area contributed by atoms with Crippen LogP contribution in [0.2, 0.25) is 0 Å². The number of hydrogen-bond acceptors (Lipinski definition) is 5. The van der Waals surface area contributed by atoms with Crippen LogP contribution in [0.25, 0.3) is 16.6 Å². The molecule has 1 N–H and O–H groups in total. The first kappa shape index (κ1) is 19.3. The number of fused-ring (bicyclic) bond motifs is 3. The number of methoxy groups -OCH3 is 1. The van der Waals surface area contributed by atoms with Crippen molar-refractivity contribution in [2.45, 2.75) is 25.9 Å². The number of amides is 1. The molecule has 2 aromatic carbocycles. The summed E-state index contributed by atoms with van der Waals surface area (Å²) in [6.45, 7) is 6.04. The third-order valence-corrected chi connectivity index (χ3v) is 5.80. The van der Waals surface area contributed by atoms with Crippen LogP contribution in [-0.2, 0) is 4.79 Å². The van der Waals surface area contributed by atoms with E-state index < -0.39 is 0 Å². The minimum atomic E-state index is -0.0746. The Bertz CT molecular complexity index is 1230.